The average molecular weight is 767 g/mol. The normalized spacial score (nSPS) is 15.4. The second-order valence-electron chi connectivity index (χ2n) is 15.8. The number of hydrogen-bond acceptors (Lipinski definition) is 1. The monoisotopic (exact) mass is 766 g/mol. The Hall–Kier alpha value is -7.82. The first-order chi connectivity index (χ1) is 29.7. The van der Waals surface area contributed by atoms with E-state index in [9.17, 15) is 0 Å². The molecule has 0 fully saturated rings. The molecule has 1 unspecified atom stereocenters. The molecular formula is C56H38N4. The molecule has 0 bridgehead atoms. The van der Waals surface area contributed by atoms with Gasteiger partial charge in [-0.1, -0.05) is 182 Å². The zero-order valence-corrected chi connectivity index (χ0v) is 32.8. The van der Waals surface area contributed by atoms with E-state index in [0.29, 0.717) is 18.2 Å². The van der Waals surface area contributed by atoms with Crippen molar-refractivity contribution in [2.45, 2.75) is 12.0 Å². The second kappa shape index (κ2) is 13.4. The number of nitrogens with two attached hydrogens (primary N) is 1. The van der Waals surface area contributed by atoms with Crippen molar-refractivity contribution in [3.8, 4) is 27.9 Å². The molecular weight excluding hydrogens is 729 g/mol. The summed E-state index contributed by atoms with van der Waals surface area (Å²) in [6, 6.07) is 74.2. The van der Waals surface area contributed by atoms with E-state index in [0.717, 1.165) is 38.6 Å². The Morgan fingerprint density at radius 3 is 2.05 bits per heavy atom. The maximum atomic E-state index is 6.84. The first-order valence-electron chi connectivity index (χ1n) is 20.6. The van der Waals surface area contributed by atoms with E-state index in [2.05, 4.69) is 174 Å². The molecule has 1 aliphatic heterocycles. The largest absolute Gasteiger partial charge is 0.383 e. The van der Waals surface area contributed by atoms with Crippen molar-refractivity contribution in [2.24, 2.45) is 15.7 Å². The van der Waals surface area contributed by atoms with Gasteiger partial charge in [0.25, 0.3) is 0 Å². The highest BCUT2D eigenvalue weighted by molar-refractivity contribution is 6.17. The number of hydrogen-bond donors (Lipinski definition) is 1. The van der Waals surface area contributed by atoms with Crippen LogP contribution in [0.15, 0.2) is 216 Å². The van der Waals surface area contributed by atoms with Crippen LogP contribution in [-0.2, 0) is 12.0 Å². The van der Waals surface area contributed by atoms with Crippen LogP contribution in [-0.4, -0.2) is 16.2 Å². The predicted octanol–water partition coefficient (Wildman–Crippen LogP) is 12.6. The standard InChI is InChI=1S/C56H38N4/c57-54(38-19-5-2-6-20-38)59-55(58-35-36-16-3-1-4-17-36)45-33-30-37-18-7-8-21-40(37)52(45)39-31-32-42-41-22-9-11-25-46(41)56(49(42)34-39)47-26-12-14-29-51(47)60-50-28-13-10-23-43(50)44-24-15-27-48(56)53(44)60/h1-34H,35H2,(H2,57,58,59). The highest BCUT2D eigenvalue weighted by Gasteiger charge is 2.50. The van der Waals surface area contributed by atoms with Gasteiger partial charge in [-0.25, -0.2) is 4.99 Å². The van der Waals surface area contributed by atoms with Crippen LogP contribution in [0, 0.1) is 0 Å². The average Bonchev–Trinajstić information content (AvgIpc) is 3.81. The molecule has 4 heteroatoms. The van der Waals surface area contributed by atoms with Gasteiger partial charge in [0, 0.05) is 27.5 Å². The maximum Gasteiger partial charge on any atom is 0.157 e. The number of nitrogens with zero attached hydrogens (tertiary/aromatic N) is 3. The lowest BCUT2D eigenvalue weighted by atomic mass is 9.65. The van der Waals surface area contributed by atoms with Crippen LogP contribution < -0.4 is 5.73 Å². The number of aliphatic imine (C=N–C) groups is 2. The molecule has 60 heavy (non-hydrogen) atoms. The zero-order chi connectivity index (χ0) is 39.8. The van der Waals surface area contributed by atoms with E-state index in [1.54, 1.807) is 0 Å². The predicted molar refractivity (Wildman–Crippen MR) is 248 cm³/mol. The van der Waals surface area contributed by atoms with Crippen molar-refractivity contribution in [3.05, 3.63) is 245 Å². The van der Waals surface area contributed by atoms with Crippen molar-refractivity contribution in [1.29, 1.82) is 0 Å². The number of aromatic nitrogens is 1. The molecule has 10 aromatic rings. The van der Waals surface area contributed by atoms with Gasteiger partial charge in [-0.2, -0.15) is 0 Å². The third kappa shape index (κ3) is 4.91. The van der Waals surface area contributed by atoms with E-state index < -0.39 is 5.41 Å². The fraction of sp³-hybridized carbons (Fsp3) is 0.0357. The summed E-state index contributed by atoms with van der Waals surface area (Å²) in [6.07, 6.45) is 0. The number of fused-ring (bicyclic) bond motifs is 13. The molecule has 12 rings (SSSR count). The fourth-order valence-corrected chi connectivity index (χ4v) is 10.2. The molecule has 2 N–H and O–H groups in total. The van der Waals surface area contributed by atoms with E-state index >= 15 is 0 Å². The third-order valence-electron chi connectivity index (χ3n) is 12.7. The van der Waals surface area contributed by atoms with Gasteiger partial charge in [0.2, 0.25) is 0 Å². The van der Waals surface area contributed by atoms with Gasteiger partial charge < -0.3 is 10.3 Å². The maximum absolute atomic E-state index is 6.84. The summed E-state index contributed by atoms with van der Waals surface area (Å²) < 4.78 is 2.50. The van der Waals surface area contributed by atoms with Gasteiger partial charge >= 0.3 is 0 Å². The molecule has 4 nitrogen and oxygen atoms in total. The fourth-order valence-electron chi connectivity index (χ4n) is 10.2. The molecule has 2 aliphatic rings. The van der Waals surface area contributed by atoms with Crippen LogP contribution in [0.5, 0.6) is 0 Å². The van der Waals surface area contributed by atoms with Gasteiger partial charge in [0.05, 0.1) is 28.7 Å². The van der Waals surface area contributed by atoms with Crippen LogP contribution in [0.3, 0.4) is 0 Å². The Labute approximate surface area is 348 Å². The molecule has 1 aromatic heterocycles. The Morgan fingerprint density at radius 1 is 0.517 bits per heavy atom. The lowest BCUT2D eigenvalue weighted by Crippen LogP contribution is -2.33. The lowest BCUT2D eigenvalue weighted by Gasteiger charge is -2.39. The molecule has 1 aliphatic carbocycles. The molecule has 1 atom stereocenters. The van der Waals surface area contributed by atoms with Crippen LogP contribution in [0.25, 0.3) is 60.5 Å². The van der Waals surface area contributed by atoms with E-state index in [-0.39, 0.29) is 0 Å². The Balaban J connectivity index is 1.16. The highest BCUT2D eigenvalue weighted by atomic mass is 15.0. The summed E-state index contributed by atoms with van der Waals surface area (Å²) in [7, 11) is 0. The van der Waals surface area contributed by atoms with Gasteiger partial charge in [-0.15, -0.1) is 0 Å². The van der Waals surface area contributed by atoms with Crippen molar-refractivity contribution in [3.63, 3.8) is 0 Å². The molecule has 2 heterocycles. The number of rotatable bonds is 5. The van der Waals surface area contributed by atoms with Gasteiger partial charge in [0.1, 0.15) is 5.84 Å². The summed E-state index contributed by atoms with van der Waals surface area (Å²) in [4.78, 5) is 10.4. The van der Waals surface area contributed by atoms with Crippen molar-refractivity contribution in [2.75, 3.05) is 0 Å². The van der Waals surface area contributed by atoms with E-state index in [1.165, 1.54) is 60.9 Å². The minimum absolute atomic E-state index is 0.423. The van der Waals surface area contributed by atoms with Crippen LogP contribution in [0.4, 0.5) is 0 Å². The molecule has 9 aromatic carbocycles. The van der Waals surface area contributed by atoms with Gasteiger partial charge in [0.15, 0.2) is 5.84 Å². The topological polar surface area (TPSA) is 55.7 Å². The molecule has 0 saturated carbocycles. The number of benzene rings is 9. The first-order valence-corrected chi connectivity index (χ1v) is 20.6. The van der Waals surface area contributed by atoms with Crippen LogP contribution in [0.1, 0.15) is 38.9 Å². The minimum atomic E-state index is -0.576. The molecule has 1 spiro atoms. The third-order valence-corrected chi connectivity index (χ3v) is 12.7. The lowest BCUT2D eigenvalue weighted by molar-refractivity contribution is 0.749. The Morgan fingerprint density at radius 2 is 1.18 bits per heavy atom. The molecule has 0 saturated heterocycles. The van der Waals surface area contributed by atoms with Gasteiger partial charge in [-0.3, -0.25) is 4.99 Å². The first kappa shape index (κ1) is 34.2. The van der Waals surface area contributed by atoms with Crippen molar-refractivity contribution in [1.82, 2.24) is 4.57 Å². The summed E-state index contributed by atoms with van der Waals surface area (Å²) in [5.74, 6) is 1.02. The summed E-state index contributed by atoms with van der Waals surface area (Å²) >= 11 is 0. The number of amidine groups is 2. The quantitative estimate of drug-likeness (QED) is 0.138. The SMILES string of the molecule is N/C(=N\C(=N/Cc1ccccc1)c1ccc2ccccc2c1-c1ccc2c(c1)C1(c3ccccc3-2)c2ccccc2-n2c3ccccc3c3cccc1c32)c1ccccc1. The summed E-state index contributed by atoms with van der Waals surface area (Å²) in [5.41, 5.74) is 22.7. The number of para-hydroxylation sites is 3. The van der Waals surface area contributed by atoms with Crippen LogP contribution in [0.2, 0.25) is 0 Å². The summed E-state index contributed by atoms with van der Waals surface area (Å²) in [6.45, 7) is 0.464. The van der Waals surface area contributed by atoms with Crippen molar-refractivity contribution >= 4 is 44.2 Å². The smallest absolute Gasteiger partial charge is 0.157 e. The molecule has 282 valence electrons. The molecule has 0 radical (unpaired) electrons. The highest BCUT2D eigenvalue weighted by Crippen LogP contribution is 2.61. The van der Waals surface area contributed by atoms with Gasteiger partial charge in [-0.05, 0) is 79.5 Å². The Kier molecular flexibility index (Phi) is 7.63. The van der Waals surface area contributed by atoms with Crippen molar-refractivity contribution < 1.29 is 0 Å². The second-order valence-corrected chi connectivity index (χ2v) is 15.8. The summed E-state index contributed by atoms with van der Waals surface area (Å²) in [5, 5.41) is 4.81. The van der Waals surface area contributed by atoms with Crippen LogP contribution >= 0.6 is 0 Å². The molecule has 0 amide bonds. The van der Waals surface area contributed by atoms with E-state index in [4.69, 9.17) is 15.7 Å². The van der Waals surface area contributed by atoms with E-state index in [1.807, 2.05) is 36.4 Å². The zero-order valence-electron chi connectivity index (χ0n) is 32.8. The Bertz CT molecular complexity index is 3410. The minimum Gasteiger partial charge on any atom is -0.383 e.